The molecule has 2 aliphatic rings. The van der Waals surface area contributed by atoms with Gasteiger partial charge in [0.25, 0.3) is 0 Å². The third-order valence-corrected chi connectivity index (χ3v) is 7.58. The monoisotopic (exact) mass is 580 g/mol. The van der Waals surface area contributed by atoms with Crippen LogP contribution in [0, 0.1) is 12.8 Å². The number of aromatic nitrogens is 3. The van der Waals surface area contributed by atoms with Crippen LogP contribution in [-0.2, 0) is 11.3 Å². The van der Waals surface area contributed by atoms with Gasteiger partial charge in [-0.1, -0.05) is 18.2 Å². The van der Waals surface area contributed by atoms with Crippen LogP contribution in [0.25, 0.3) is 0 Å². The molecule has 3 aromatic rings. The molecule has 0 radical (unpaired) electrons. The molecule has 0 bridgehead atoms. The molecule has 43 heavy (non-hydrogen) atoms. The molecule has 0 spiro atoms. The Balaban J connectivity index is 1.17. The Bertz CT molecular complexity index is 1460. The van der Waals surface area contributed by atoms with Crippen molar-refractivity contribution in [3.05, 3.63) is 83.6 Å². The van der Waals surface area contributed by atoms with Gasteiger partial charge >= 0.3 is 0 Å². The molecule has 4 heterocycles. The zero-order valence-corrected chi connectivity index (χ0v) is 25.0. The van der Waals surface area contributed by atoms with E-state index in [0.717, 1.165) is 70.0 Å². The van der Waals surface area contributed by atoms with Gasteiger partial charge in [0.05, 0.1) is 5.92 Å². The minimum Gasteiger partial charge on any atom is -0.340 e. The van der Waals surface area contributed by atoms with Crippen molar-refractivity contribution in [2.24, 2.45) is 15.9 Å². The number of nitrogens with zero attached hydrogens (tertiary/aromatic N) is 7. The first-order valence-electron chi connectivity index (χ1n) is 14.8. The van der Waals surface area contributed by atoms with Crippen LogP contribution in [0.4, 0.5) is 17.5 Å². The molecule has 1 unspecified atom stereocenters. The topological polar surface area (TPSA) is 123 Å². The number of rotatable bonds is 9. The fraction of sp³-hybridized carbons (Fsp3) is 0.375. The Labute approximate surface area is 253 Å². The molecular weight excluding hydrogens is 540 g/mol. The Hall–Kier alpha value is -4.48. The van der Waals surface area contributed by atoms with Crippen LogP contribution in [0.15, 0.2) is 76.6 Å². The molecule has 11 nitrogen and oxygen atoms in total. The number of allylic oxidation sites excluding steroid dienone is 1. The van der Waals surface area contributed by atoms with Crippen LogP contribution < -0.4 is 16.0 Å². The number of carbonyl (C=O) groups is 1. The number of amides is 1. The summed E-state index contributed by atoms with van der Waals surface area (Å²) in [5.74, 6) is 2.44. The summed E-state index contributed by atoms with van der Waals surface area (Å²) in [6.45, 7) is 13.5. The van der Waals surface area contributed by atoms with Crippen molar-refractivity contribution in [3.63, 3.8) is 0 Å². The molecule has 2 aliphatic heterocycles. The van der Waals surface area contributed by atoms with E-state index in [1.165, 1.54) is 5.56 Å². The lowest BCUT2D eigenvalue weighted by molar-refractivity contribution is -0.138. The number of anilines is 3. The van der Waals surface area contributed by atoms with E-state index in [9.17, 15) is 4.79 Å². The summed E-state index contributed by atoms with van der Waals surface area (Å²) in [4.78, 5) is 39.6. The highest BCUT2D eigenvalue weighted by Gasteiger charge is 2.29. The largest absolute Gasteiger partial charge is 0.340 e. The number of amidine groups is 1. The van der Waals surface area contributed by atoms with Crippen molar-refractivity contribution in [3.8, 4) is 0 Å². The van der Waals surface area contributed by atoms with E-state index in [1.807, 2.05) is 55.2 Å². The average Bonchev–Trinajstić information content (AvgIpc) is 3.04. The Kier molecular flexibility index (Phi) is 10.2. The van der Waals surface area contributed by atoms with E-state index in [1.54, 1.807) is 12.3 Å². The van der Waals surface area contributed by atoms with E-state index < -0.39 is 0 Å². The summed E-state index contributed by atoms with van der Waals surface area (Å²) >= 11 is 0. The second kappa shape index (κ2) is 14.6. The number of carbonyl (C=O) groups excluding carboxylic acids is 1. The third kappa shape index (κ3) is 8.30. The number of aryl methyl sites for hydroxylation is 1. The molecule has 0 saturated carbocycles. The maximum absolute atomic E-state index is 13.0. The van der Waals surface area contributed by atoms with Crippen molar-refractivity contribution in [2.75, 3.05) is 49.9 Å². The van der Waals surface area contributed by atoms with Crippen molar-refractivity contribution in [1.82, 2.24) is 30.1 Å². The summed E-state index contributed by atoms with van der Waals surface area (Å²) < 4.78 is 0. The van der Waals surface area contributed by atoms with Gasteiger partial charge in [0.2, 0.25) is 11.9 Å². The minimum absolute atomic E-state index is 0.0957. The maximum atomic E-state index is 13.0. The Morgan fingerprint density at radius 1 is 1.12 bits per heavy atom. The normalized spacial score (nSPS) is 18.3. The number of pyridine rings is 1. The molecule has 1 atom stereocenters. The molecule has 2 aromatic heterocycles. The predicted octanol–water partition coefficient (Wildman–Crippen LogP) is 3.99. The number of piperazine rings is 1. The van der Waals surface area contributed by atoms with Crippen LogP contribution in [0.5, 0.6) is 0 Å². The number of nitrogens with one attached hydrogen (secondary N) is 3. The number of hydrogen-bond acceptors (Lipinski definition) is 9. The Morgan fingerprint density at radius 3 is 2.67 bits per heavy atom. The summed E-state index contributed by atoms with van der Waals surface area (Å²) in [7, 11) is 0. The van der Waals surface area contributed by atoms with Gasteiger partial charge in [-0.05, 0) is 81.9 Å². The minimum atomic E-state index is 0.0957. The van der Waals surface area contributed by atoms with E-state index in [-0.39, 0.29) is 5.92 Å². The molecular formula is C32H40N10O. The van der Waals surface area contributed by atoms with Crippen molar-refractivity contribution >= 4 is 35.9 Å². The van der Waals surface area contributed by atoms with Crippen LogP contribution in [-0.4, -0.2) is 82.5 Å². The molecule has 2 saturated heterocycles. The van der Waals surface area contributed by atoms with E-state index >= 15 is 0 Å². The lowest BCUT2D eigenvalue weighted by atomic mass is 9.95. The SMILES string of the molecule is C=NC(=N/C(=C\C)Nc1ccnc(Nc2ccc(CN3CCCC(C(=O)N4CCNCC4)C3)cc2)n1)c1cccc(C)n1. The van der Waals surface area contributed by atoms with Gasteiger partial charge in [-0.3, -0.25) is 9.69 Å². The van der Waals surface area contributed by atoms with Crippen molar-refractivity contribution < 1.29 is 4.79 Å². The van der Waals surface area contributed by atoms with Gasteiger partial charge in [0.15, 0.2) is 5.84 Å². The highest BCUT2D eigenvalue weighted by atomic mass is 16.2. The van der Waals surface area contributed by atoms with Crippen LogP contribution in [0.3, 0.4) is 0 Å². The van der Waals surface area contributed by atoms with Gasteiger partial charge in [0.1, 0.15) is 17.3 Å². The number of aliphatic imine (C=N–C) groups is 2. The molecule has 0 aliphatic carbocycles. The van der Waals surface area contributed by atoms with Crippen molar-refractivity contribution in [2.45, 2.75) is 33.2 Å². The zero-order chi connectivity index (χ0) is 30.0. The molecule has 1 aromatic carbocycles. The first-order valence-corrected chi connectivity index (χ1v) is 14.8. The van der Waals surface area contributed by atoms with Crippen LogP contribution in [0.1, 0.15) is 36.7 Å². The lowest BCUT2D eigenvalue weighted by Crippen LogP contribution is -2.51. The van der Waals surface area contributed by atoms with E-state index in [4.69, 9.17) is 0 Å². The number of likely N-dealkylation sites (tertiary alicyclic amines) is 1. The smallest absolute Gasteiger partial charge is 0.229 e. The Morgan fingerprint density at radius 2 is 1.93 bits per heavy atom. The highest BCUT2D eigenvalue weighted by molar-refractivity contribution is 6.00. The number of piperidine rings is 1. The highest BCUT2D eigenvalue weighted by Crippen LogP contribution is 2.22. The molecule has 3 N–H and O–H groups in total. The predicted molar refractivity (Wildman–Crippen MR) is 172 cm³/mol. The van der Waals surface area contributed by atoms with Gasteiger partial charge in [0, 0.05) is 56.8 Å². The lowest BCUT2D eigenvalue weighted by Gasteiger charge is -2.36. The summed E-state index contributed by atoms with van der Waals surface area (Å²) in [5.41, 5.74) is 3.62. The van der Waals surface area contributed by atoms with Crippen LogP contribution in [0.2, 0.25) is 0 Å². The number of hydrogen-bond donors (Lipinski definition) is 3. The molecule has 11 heteroatoms. The first-order chi connectivity index (χ1) is 21.0. The van der Waals surface area contributed by atoms with Gasteiger partial charge in [-0.25, -0.2) is 20.0 Å². The van der Waals surface area contributed by atoms with E-state index in [2.05, 4.69) is 64.6 Å². The fourth-order valence-corrected chi connectivity index (χ4v) is 5.36. The van der Waals surface area contributed by atoms with Crippen LogP contribution >= 0.6 is 0 Å². The second-order valence-electron chi connectivity index (χ2n) is 10.8. The molecule has 5 rings (SSSR count). The quantitative estimate of drug-likeness (QED) is 0.257. The third-order valence-electron chi connectivity index (χ3n) is 7.58. The standard InChI is InChI=1S/C32H40N10O/c1-4-28(39-30(33-3)27-9-5-7-23(2)36-27)38-29-14-15-35-32(40-29)37-26-12-10-24(11-13-26)21-41-18-6-8-25(22-41)31(43)42-19-16-34-17-20-42/h4-5,7,9-15,25,34H,3,6,8,16-22H2,1-2H3,(H2,35,37,38,40)/b28-4-,39-30?. The van der Waals surface area contributed by atoms with Gasteiger partial charge in [-0.15, -0.1) is 0 Å². The van der Waals surface area contributed by atoms with Gasteiger partial charge < -0.3 is 20.9 Å². The summed E-state index contributed by atoms with van der Waals surface area (Å²) in [5, 5.41) is 9.83. The molecule has 224 valence electrons. The maximum Gasteiger partial charge on any atom is 0.229 e. The second-order valence-corrected chi connectivity index (χ2v) is 10.8. The zero-order valence-electron chi connectivity index (χ0n) is 25.0. The van der Waals surface area contributed by atoms with Crippen molar-refractivity contribution in [1.29, 1.82) is 0 Å². The summed E-state index contributed by atoms with van der Waals surface area (Å²) in [6.07, 6.45) is 5.55. The average molecular weight is 581 g/mol. The molecule has 2 fully saturated rings. The van der Waals surface area contributed by atoms with Gasteiger partial charge in [-0.2, -0.15) is 4.98 Å². The number of benzene rings is 1. The summed E-state index contributed by atoms with van der Waals surface area (Å²) in [6, 6.07) is 15.8. The fourth-order valence-electron chi connectivity index (χ4n) is 5.36. The molecule has 1 amide bonds. The first kappa shape index (κ1) is 30.0. The van der Waals surface area contributed by atoms with E-state index in [0.29, 0.717) is 35.0 Å².